The number of ether oxygens (including phenoxy) is 1. The van der Waals surface area contributed by atoms with Crippen LogP contribution in [0.15, 0.2) is 0 Å². The summed E-state index contributed by atoms with van der Waals surface area (Å²) in [5.74, 6) is 0.216. The highest BCUT2D eigenvalue weighted by Crippen LogP contribution is 2.16. The number of carbonyl (C=O) groups excluding carboxylic acids is 1. The summed E-state index contributed by atoms with van der Waals surface area (Å²) in [6.45, 7) is 16.2. The maximum absolute atomic E-state index is 12.0. The molecule has 4 heteroatoms. The maximum atomic E-state index is 12.0. The predicted molar refractivity (Wildman–Crippen MR) is 73.6 cm³/mol. The lowest BCUT2D eigenvalue weighted by Crippen LogP contribution is -2.56. The minimum Gasteiger partial charge on any atom is -0.374 e. The van der Waals surface area contributed by atoms with E-state index >= 15 is 0 Å². The molecule has 1 aliphatic heterocycles. The summed E-state index contributed by atoms with van der Waals surface area (Å²) < 4.78 is 5.67. The molecule has 0 saturated carbocycles. The number of carbonyl (C=O) groups is 1. The third-order valence-electron chi connectivity index (χ3n) is 3.16. The van der Waals surface area contributed by atoms with Gasteiger partial charge in [0.15, 0.2) is 0 Å². The van der Waals surface area contributed by atoms with Crippen LogP contribution >= 0.6 is 0 Å². The Morgan fingerprint density at radius 1 is 1.11 bits per heavy atom. The molecular weight excluding hydrogens is 228 g/mol. The van der Waals surface area contributed by atoms with Gasteiger partial charge in [-0.15, -0.1) is 0 Å². The van der Waals surface area contributed by atoms with Gasteiger partial charge in [-0.3, -0.25) is 9.69 Å². The Bertz CT molecular complexity index is 287. The van der Waals surface area contributed by atoms with Crippen molar-refractivity contribution in [1.29, 1.82) is 0 Å². The molecule has 0 atom stereocenters. The van der Waals surface area contributed by atoms with Crippen molar-refractivity contribution in [3.63, 3.8) is 0 Å². The molecule has 106 valence electrons. The quantitative estimate of drug-likeness (QED) is 0.771. The van der Waals surface area contributed by atoms with Crippen LogP contribution < -0.4 is 0 Å². The smallest absolute Gasteiger partial charge is 0.236 e. The van der Waals surface area contributed by atoms with Crippen LogP contribution in [0.5, 0.6) is 0 Å². The second kappa shape index (κ2) is 5.57. The lowest BCUT2D eigenvalue weighted by molar-refractivity contribution is -0.140. The molecule has 1 aliphatic rings. The van der Waals surface area contributed by atoms with Crippen molar-refractivity contribution in [2.45, 2.75) is 52.7 Å². The van der Waals surface area contributed by atoms with Gasteiger partial charge in [-0.25, -0.2) is 0 Å². The predicted octanol–water partition coefficient (Wildman–Crippen LogP) is 1.74. The average molecular weight is 256 g/mol. The fraction of sp³-hybridized carbons (Fsp3) is 0.929. The fourth-order valence-corrected chi connectivity index (χ4v) is 1.98. The van der Waals surface area contributed by atoms with Crippen LogP contribution in [0.25, 0.3) is 0 Å². The van der Waals surface area contributed by atoms with E-state index < -0.39 is 0 Å². The van der Waals surface area contributed by atoms with Gasteiger partial charge in [-0.2, -0.15) is 0 Å². The molecule has 1 fully saturated rings. The van der Waals surface area contributed by atoms with Gasteiger partial charge in [0.1, 0.15) is 0 Å². The summed E-state index contributed by atoms with van der Waals surface area (Å²) in [6, 6.07) is 0. The van der Waals surface area contributed by atoms with E-state index in [1.165, 1.54) is 0 Å². The summed E-state index contributed by atoms with van der Waals surface area (Å²) in [5.41, 5.74) is -0.0556. The third-order valence-corrected chi connectivity index (χ3v) is 3.16. The topological polar surface area (TPSA) is 32.8 Å². The van der Waals surface area contributed by atoms with Gasteiger partial charge in [-0.05, 0) is 41.5 Å². The van der Waals surface area contributed by atoms with Crippen LogP contribution in [-0.4, -0.2) is 59.6 Å². The zero-order chi connectivity index (χ0) is 14.0. The summed E-state index contributed by atoms with van der Waals surface area (Å²) in [4.78, 5) is 16.2. The third kappa shape index (κ3) is 4.94. The molecule has 0 aromatic heterocycles. The normalized spacial score (nSPS) is 19.4. The summed E-state index contributed by atoms with van der Waals surface area (Å²) in [6.07, 6.45) is 0. The number of rotatable bonds is 3. The summed E-state index contributed by atoms with van der Waals surface area (Å²) >= 11 is 0. The molecule has 1 saturated heterocycles. The van der Waals surface area contributed by atoms with E-state index in [9.17, 15) is 4.79 Å². The molecule has 0 aromatic rings. The Kier molecular flexibility index (Phi) is 4.78. The van der Waals surface area contributed by atoms with E-state index in [4.69, 9.17) is 4.74 Å². The fourth-order valence-electron chi connectivity index (χ4n) is 1.98. The lowest BCUT2D eigenvalue weighted by atomic mass is 10.0. The van der Waals surface area contributed by atoms with Gasteiger partial charge < -0.3 is 9.64 Å². The zero-order valence-corrected chi connectivity index (χ0v) is 12.7. The monoisotopic (exact) mass is 256 g/mol. The first kappa shape index (κ1) is 15.4. The first-order valence-electron chi connectivity index (χ1n) is 6.76. The van der Waals surface area contributed by atoms with Gasteiger partial charge in [-0.1, -0.05) is 0 Å². The van der Waals surface area contributed by atoms with E-state index in [0.29, 0.717) is 19.7 Å². The highest BCUT2D eigenvalue weighted by atomic mass is 16.5. The van der Waals surface area contributed by atoms with Crippen molar-refractivity contribution in [2.24, 2.45) is 0 Å². The van der Waals surface area contributed by atoms with Crippen molar-refractivity contribution in [2.75, 3.05) is 32.8 Å². The Hall–Kier alpha value is -0.610. The van der Waals surface area contributed by atoms with E-state index in [-0.39, 0.29) is 17.0 Å². The van der Waals surface area contributed by atoms with Gasteiger partial charge in [0, 0.05) is 25.2 Å². The van der Waals surface area contributed by atoms with Crippen molar-refractivity contribution < 1.29 is 9.53 Å². The number of piperazine rings is 1. The Morgan fingerprint density at radius 2 is 1.72 bits per heavy atom. The molecule has 0 spiro atoms. The van der Waals surface area contributed by atoms with E-state index in [1.807, 2.05) is 25.7 Å². The molecule has 1 heterocycles. The van der Waals surface area contributed by atoms with Gasteiger partial charge in [0.05, 0.1) is 18.8 Å². The van der Waals surface area contributed by atoms with Gasteiger partial charge in [0.2, 0.25) is 5.91 Å². The van der Waals surface area contributed by atoms with Crippen LogP contribution in [0.4, 0.5) is 0 Å². The van der Waals surface area contributed by atoms with Crippen LogP contribution in [-0.2, 0) is 9.53 Å². The molecule has 1 amide bonds. The number of hydrogen-bond donors (Lipinski definition) is 0. The number of nitrogens with zero attached hydrogens (tertiary/aromatic N) is 2. The molecule has 0 aromatic carbocycles. The molecule has 0 unspecified atom stereocenters. The minimum absolute atomic E-state index is 0.0731. The molecule has 0 bridgehead atoms. The highest BCUT2D eigenvalue weighted by molar-refractivity contribution is 5.79. The minimum atomic E-state index is -0.129. The van der Waals surface area contributed by atoms with E-state index in [0.717, 1.165) is 13.1 Å². The van der Waals surface area contributed by atoms with Gasteiger partial charge >= 0.3 is 0 Å². The first-order chi connectivity index (χ1) is 8.09. The van der Waals surface area contributed by atoms with E-state index in [2.05, 4.69) is 25.7 Å². The average Bonchev–Trinajstić information content (AvgIpc) is 2.17. The largest absolute Gasteiger partial charge is 0.374 e. The van der Waals surface area contributed by atoms with Crippen molar-refractivity contribution in [3.05, 3.63) is 0 Å². The molecule has 0 aliphatic carbocycles. The second-order valence-electron chi connectivity index (χ2n) is 6.93. The molecule has 1 rings (SSSR count). The first-order valence-corrected chi connectivity index (χ1v) is 6.76. The lowest BCUT2D eigenvalue weighted by Gasteiger charge is -2.41. The van der Waals surface area contributed by atoms with Crippen molar-refractivity contribution in [1.82, 2.24) is 9.80 Å². The SMILES string of the molecule is CC(C)(C)OCCN1CCN(C(C)(C)C)CC1=O. The Morgan fingerprint density at radius 3 is 2.17 bits per heavy atom. The number of amides is 1. The van der Waals surface area contributed by atoms with Crippen LogP contribution in [0.1, 0.15) is 41.5 Å². The molecule has 0 radical (unpaired) electrons. The van der Waals surface area contributed by atoms with Crippen molar-refractivity contribution >= 4 is 5.91 Å². The molecule has 0 N–H and O–H groups in total. The van der Waals surface area contributed by atoms with Crippen LogP contribution in [0.3, 0.4) is 0 Å². The molecule has 4 nitrogen and oxygen atoms in total. The molecular formula is C14H28N2O2. The van der Waals surface area contributed by atoms with Crippen molar-refractivity contribution in [3.8, 4) is 0 Å². The van der Waals surface area contributed by atoms with Gasteiger partial charge in [0.25, 0.3) is 0 Å². The zero-order valence-electron chi connectivity index (χ0n) is 12.7. The van der Waals surface area contributed by atoms with E-state index in [1.54, 1.807) is 0 Å². The van der Waals surface area contributed by atoms with Crippen LogP contribution in [0, 0.1) is 0 Å². The summed E-state index contributed by atoms with van der Waals surface area (Å²) in [7, 11) is 0. The highest BCUT2D eigenvalue weighted by Gasteiger charge is 2.30. The Balaban J connectivity index is 2.37. The molecule has 18 heavy (non-hydrogen) atoms. The van der Waals surface area contributed by atoms with Crippen LogP contribution in [0.2, 0.25) is 0 Å². The summed E-state index contributed by atoms with van der Waals surface area (Å²) in [5, 5.41) is 0. The number of hydrogen-bond acceptors (Lipinski definition) is 3. The maximum Gasteiger partial charge on any atom is 0.236 e. The Labute approximate surface area is 111 Å². The second-order valence-corrected chi connectivity index (χ2v) is 6.93. The standard InChI is InChI=1S/C14H28N2O2/c1-13(2,3)16-8-7-15(12(17)11-16)9-10-18-14(4,5)6/h7-11H2,1-6H3.